The van der Waals surface area contributed by atoms with Crippen LogP contribution in [-0.4, -0.2) is 63.9 Å². The highest BCUT2D eigenvalue weighted by molar-refractivity contribution is 5.79. The summed E-state index contributed by atoms with van der Waals surface area (Å²) in [5.74, 6) is 1.51. The lowest BCUT2D eigenvalue weighted by Crippen LogP contribution is -2.50. The molecule has 1 heterocycles. The van der Waals surface area contributed by atoms with Crippen LogP contribution in [0, 0.1) is 5.92 Å². The van der Waals surface area contributed by atoms with Gasteiger partial charge in [0, 0.05) is 46.4 Å². The van der Waals surface area contributed by atoms with Crippen LogP contribution in [0.15, 0.2) is 29.3 Å². The molecule has 1 aromatic carbocycles. The third kappa shape index (κ3) is 7.87. The SMILES string of the molecule is CN=C(NCc1ccc(COC)cc1)NCC(CC(C)C)N1CCOCC1. The Morgan fingerprint density at radius 2 is 1.81 bits per heavy atom. The molecule has 1 atom stereocenters. The number of benzene rings is 1. The van der Waals surface area contributed by atoms with Crippen LogP contribution in [0.2, 0.25) is 0 Å². The molecule has 6 heteroatoms. The smallest absolute Gasteiger partial charge is 0.191 e. The molecule has 1 saturated heterocycles. The van der Waals surface area contributed by atoms with Gasteiger partial charge < -0.3 is 20.1 Å². The molecule has 1 fully saturated rings. The zero-order chi connectivity index (χ0) is 19.5. The van der Waals surface area contributed by atoms with Crippen LogP contribution in [0.5, 0.6) is 0 Å². The standard InChI is InChI=1S/C21H36N4O2/c1-17(2)13-20(25-9-11-27-12-10-25)15-24-21(22-3)23-14-18-5-7-19(8-6-18)16-26-4/h5-8,17,20H,9-16H2,1-4H3,(H2,22,23,24). The van der Waals surface area contributed by atoms with Crippen molar-refractivity contribution in [3.05, 3.63) is 35.4 Å². The van der Waals surface area contributed by atoms with Gasteiger partial charge in [-0.1, -0.05) is 38.1 Å². The van der Waals surface area contributed by atoms with Crippen molar-refractivity contribution in [1.82, 2.24) is 15.5 Å². The van der Waals surface area contributed by atoms with Crippen molar-refractivity contribution in [3.8, 4) is 0 Å². The first-order valence-electron chi connectivity index (χ1n) is 9.95. The van der Waals surface area contributed by atoms with Crippen molar-refractivity contribution in [2.75, 3.05) is 47.0 Å². The van der Waals surface area contributed by atoms with Gasteiger partial charge in [-0.3, -0.25) is 9.89 Å². The summed E-state index contributed by atoms with van der Waals surface area (Å²) in [6.45, 7) is 10.6. The maximum atomic E-state index is 5.51. The van der Waals surface area contributed by atoms with Gasteiger partial charge in [0.25, 0.3) is 0 Å². The number of rotatable bonds is 9. The van der Waals surface area contributed by atoms with Gasteiger partial charge in [-0.15, -0.1) is 0 Å². The molecular weight excluding hydrogens is 340 g/mol. The highest BCUT2D eigenvalue weighted by atomic mass is 16.5. The number of nitrogens with zero attached hydrogens (tertiary/aromatic N) is 2. The molecule has 1 aromatic rings. The predicted molar refractivity (Wildman–Crippen MR) is 111 cm³/mol. The first-order valence-corrected chi connectivity index (χ1v) is 9.95. The Hall–Kier alpha value is -1.63. The number of hydrogen-bond acceptors (Lipinski definition) is 4. The molecule has 0 amide bonds. The van der Waals surface area contributed by atoms with Gasteiger partial charge in [-0.05, 0) is 23.5 Å². The molecule has 6 nitrogen and oxygen atoms in total. The van der Waals surface area contributed by atoms with Gasteiger partial charge in [0.05, 0.1) is 19.8 Å². The maximum absolute atomic E-state index is 5.51. The Bertz CT molecular complexity index is 554. The van der Waals surface area contributed by atoms with E-state index in [1.165, 1.54) is 17.5 Å². The lowest BCUT2D eigenvalue weighted by atomic mass is 10.0. The van der Waals surface area contributed by atoms with Gasteiger partial charge >= 0.3 is 0 Å². The van der Waals surface area contributed by atoms with Crippen LogP contribution in [-0.2, 0) is 22.6 Å². The quantitative estimate of drug-likeness (QED) is 0.511. The Balaban J connectivity index is 1.83. The van der Waals surface area contributed by atoms with Gasteiger partial charge in [-0.25, -0.2) is 0 Å². The largest absolute Gasteiger partial charge is 0.380 e. The molecule has 0 aliphatic carbocycles. The lowest BCUT2D eigenvalue weighted by Gasteiger charge is -2.35. The summed E-state index contributed by atoms with van der Waals surface area (Å²) in [6, 6.07) is 8.97. The second-order valence-electron chi connectivity index (χ2n) is 7.49. The molecule has 0 aromatic heterocycles. The highest BCUT2D eigenvalue weighted by Gasteiger charge is 2.22. The van der Waals surface area contributed by atoms with Crippen LogP contribution in [0.25, 0.3) is 0 Å². The van der Waals surface area contributed by atoms with Crippen LogP contribution < -0.4 is 10.6 Å². The Kier molecular flexibility index (Phi) is 9.59. The van der Waals surface area contributed by atoms with Gasteiger partial charge in [0.1, 0.15) is 0 Å². The van der Waals surface area contributed by atoms with Crippen LogP contribution in [0.1, 0.15) is 31.4 Å². The fraction of sp³-hybridized carbons (Fsp3) is 0.667. The Morgan fingerprint density at radius 3 is 2.41 bits per heavy atom. The fourth-order valence-electron chi connectivity index (χ4n) is 3.39. The van der Waals surface area contributed by atoms with E-state index in [2.05, 4.69) is 58.6 Å². The van der Waals surface area contributed by atoms with Crippen LogP contribution in [0.4, 0.5) is 0 Å². The maximum Gasteiger partial charge on any atom is 0.191 e. The molecule has 152 valence electrons. The first kappa shape index (κ1) is 21.7. The topological polar surface area (TPSA) is 58.1 Å². The fourth-order valence-corrected chi connectivity index (χ4v) is 3.39. The molecule has 0 spiro atoms. The number of methoxy groups -OCH3 is 1. The Morgan fingerprint density at radius 1 is 1.15 bits per heavy atom. The van der Waals surface area contributed by atoms with E-state index in [-0.39, 0.29) is 0 Å². The number of morpholine rings is 1. The monoisotopic (exact) mass is 376 g/mol. The summed E-state index contributed by atoms with van der Waals surface area (Å²) < 4.78 is 10.7. The molecule has 2 rings (SSSR count). The summed E-state index contributed by atoms with van der Waals surface area (Å²) in [5.41, 5.74) is 2.41. The predicted octanol–water partition coefficient (Wildman–Crippen LogP) is 2.24. The van der Waals surface area contributed by atoms with Crippen molar-refractivity contribution >= 4 is 5.96 Å². The zero-order valence-corrected chi connectivity index (χ0v) is 17.3. The molecular formula is C21H36N4O2. The highest BCUT2D eigenvalue weighted by Crippen LogP contribution is 2.13. The minimum atomic E-state index is 0.501. The van der Waals surface area contributed by atoms with Crippen molar-refractivity contribution < 1.29 is 9.47 Å². The third-order valence-electron chi connectivity index (χ3n) is 4.83. The molecule has 2 N–H and O–H groups in total. The summed E-state index contributed by atoms with van der Waals surface area (Å²) >= 11 is 0. The zero-order valence-electron chi connectivity index (χ0n) is 17.3. The van der Waals surface area contributed by atoms with Crippen molar-refractivity contribution in [2.45, 2.75) is 39.5 Å². The van der Waals surface area contributed by atoms with E-state index in [9.17, 15) is 0 Å². The number of nitrogens with one attached hydrogen (secondary N) is 2. The molecule has 0 saturated carbocycles. The summed E-state index contributed by atoms with van der Waals surface area (Å²) in [7, 11) is 3.54. The van der Waals surface area contributed by atoms with Gasteiger partial charge in [0.15, 0.2) is 5.96 Å². The van der Waals surface area contributed by atoms with E-state index >= 15 is 0 Å². The normalized spacial score (nSPS) is 17.1. The second-order valence-corrected chi connectivity index (χ2v) is 7.49. The third-order valence-corrected chi connectivity index (χ3v) is 4.83. The Labute approximate surface area is 164 Å². The minimum absolute atomic E-state index is 0.501. The molecule has 1 aliphatic heterocycles. The molecule has 0 bridgehead atoms. The van der Waals surface area contributed by atoms with Crippen molar-refractivity contribution in [1.29, 1.82) is 0 Å². The molecule has 27 heavy (non-hydrogen) atoms. The summed E-state index contributed by atoms with van der Waals surface area (Å²) in [5, 5.41) is 6.92. The number of guanidine groups is 1. The summed E-state index contributed by atoms with van der Waals surface area (Å²) in [6.07, 6.45) is 1.17. The number of ether oxygens (including phenoxy) is 2. The van der Waals surface area contributed by atoms with Crippen LogP contribution >= 0.6 is 0 Å². The van der Waals surface area contributed by atoms with E-state index < -0.39 is 0 Å². The second kappa shape index (κ2) is 12.0. The van der Waals surface area contributed by atoms with Gasteiger partial charge in [-0.2, -0.15) is 0 Å². The molecule has 1 unspecified atom stereocenters. The van der Waals surface area contributed by atoms with Crippen molar-refractivity contribution in [2.24, 2.45) is 10.9 Å². The number of aliphatic imine (C=N–C) groups is 1. The average Bonchev–Trinajstić information content (AvgIpc) is 2.69. The van der Waals surface area contributed by atoms with E-state index in [1.807, 2.05) is 7.05 Å². The van der Waals surface area contributed by atoms with E-state index in [4.69, 9.17) is 9.47 Å². The van der Waals surface area contributed by atoms with E-state index in [0.29, 0.717) is 18.6 Å². The lowest BCUT2D eigenvalue weighted by molar-refractivity contribution is 0.0132. The van der Waals surface area contributed by atoms with E-state index in [0.717, 1.165) is 45.4 Å². The molecule has 0 radical (unpaired) electrons. The summed E-state index contributed by atoms with van der Waals surface area (Å²) in [4.78, 5) is 6.92. The number of hydrogen-bond donors (Lipinski definition) is 2. The van der Waals surface area contributed by atoms with E-state index in [1.54, 1.807) is 7.11 Å². The van der Waals surface area contributed by atoms with Crippen molar-refractivity contribution in [3.63, 3.8) is 0 Å². The van der Waals surface area contributed by atoms with Gasteiger partial charge in [0.2, 0.25) is 0 Å². The average molecular weight is 377 g/mol. The van der Waals surface area contributed by atoms with Crippen LogP contribution in [0.3, 0.4) is 0 Å². The molecule has 1 aliphatic rings. The minimum Gasteiger partial charge on any atom is -0.380 e. The first-order chi connectivity index (χ1) is 13.1.